The molecule has 3 N–H and O–H groups in total. The van der Waals surface area contributed by atoms with E-state index in [1.165, 1.54) is 0 Å². The molecule has 0 aliphatic heterocycles. The second-order valence-electron chi connectivity index (χ2n) is 7.45. The van der Waals surface area contributed by atoms with Gasteiger partial charge in [-0.2, -0.15) is 0 Å². The van der Waals surface area contributed by atoms with E-state index in [9.17, 15) is 8.42 Å². The van der Waals surface area contributed by atoms with Crippen LogP contribution >= 0.6 is 0 Å². The number of anilines is 2. The van der Waals surface area contributed by atoms with Crippen LogP contribution in [0.2, 0.25) is 0 Å². The van der Waals surface area contributed by atoms with Crippen molar-refractivity contribution in [2.75, 3.05) is 11.1 Å². The van der Waals surface area contributed by atoms with Gasteiger partial charge in [0.1, 0.15) is 11.5 Å². The van der Waals surface area contributed by atoms with E-state index in [1.807, 2.05) is 60.7 Å². The normalized spacial score (nSPS) is 11.7. The van der Waals surface area contributed by atoms with Gasteiger partial charge in [-0.05, 0) is 61.9 Å². The third kappa shape index (κ3) is 4.34. The van der Waals surface area contributed by atoms with E-state index in [2.05, 4.69) is 10.3 Å². The largest absolute Gasteiger partial charge is 0.457 e. The lowest BCUT2D eigenvalue weighted by Crippen LogP contribution is -2.23. The summed E-state index contributed by atoms with van der Waals surface area (Å²) < 4.78 is 32.4. The Morgan fingerprint density at radius 2 is 1.74 bits per heavy atom. The summed E-state index contributed by atoms with van der Waals surface area (Å²) in [5.41, 5.74) is 8.69. The van der Waals surface area contributed by atoms with Crippen LogP contribution in [-0.2, 0) is 16.6 Å². The van der Waals surface area contributed by atoms with Crippen molar-refractivity contribution in [2.45, 2.75) is 25.6 Å². The Labute approximate surface area is 181 Å². The zero-order valence-corrected chi connectivity index (χ0v) is 18.1. The van der Waals surface area contributed by atoms with Gasteiger partial charge in [0.2, 0.25) is 16.0 Å². The number of benzene rings is 3. The molecular weight excluding hydrogens is 412 g/mol. The number of imidazole rings is 1. The summed E-state index contributed by atoms with van der Waals surface area (Å²) in [6.07, 6.45) is 0. The number of nitrogens with one attached hydrogen (secondary N) is 1. The molecular formula is C23H24N4O3S. The van der Waals surface area contributed by atoms with Crippen molar-refractivity contribution < 1.29 is 13.2 Å². The molecule has 0 fully saturated rings. The van der Waals surface area contributed by atoms with Crippen LogP contribution in [0.15, 0.2) is 72.8 Å². The van der Waals surface area contributed by atoms with E-state index in [-0.39, 0.29) is 5.95 Å². The molecule has 4 aromatic rings. The molecule has 7 nitrogen and oxygen atoms in total. The molecule has 31 heavy (non-hydrogen) atoms. The minimum absolute atomic E-state index is 0.0355. The van der Waals surface area contributed by atoms with Crippen LogP contribution in [0, 0.1) is 0 Å². The lowest BCUT2D eigenvalue weighted by molar-refractivity contribution is 0.482. The number of nitrogens with two attached hydrogens (primary N) is 1. The summed E-state index contributed by atoms with van der Waals surface area (Å²) in [4.78, 5) is 4.19. The molecule has 0 atom stereocenters. The Morgan fingerprint density at radius 1 is 1.00 bits per heavy atom. The van der Waals surface area contributed by atoms with Crippen LogP contribution in [0.5, 0.6) is 11.5 Å². The molecule has 0 radical (unpaired) electrons. The van der Waals surface area contributed by atoms with Gasteiger partial charge in [0, 0.05) is 12.2 Å². The molecule has 1 heterocycles. The Morgan fingerprint density at radius 3 is 2.48 bits per heavy atom. The molecule has 0 saturated carbocycles. The van der Waals surface area contributed by atoms with Crippen molar-refractivity contribution in [3.05, 3.63) is 78.4 Å². The molecule has 0 amide bonds. The highest BCUT2D eigenvalue weighted by Gasteiger charge is 2.24. The van der Waals surface area contributed by atoms with E-state index in [4.69, 9.17) is 10.5 Å². The Kier molecular flexibility index (Phi) is 5.56. The van der Waals surface area contributed by atoms with Gasteiger partial charge in [0.25, 0.3) is 0 Å². The monoisotopic (exact) mass is 436 g/mol. The number of hydrogen-bond donors (Lipinski definition) is 2. The van der Waals surface area contributed by atoms with E-state index in [0.29, 0.717) is 17.6 Å². The molecule has 0 spiro atoms. The average Bonchev–Trinajstić information content (AvgIpc) is 3.09. The van der Waals surface area contributed by atoms with Gasteiger partial charge in [-0.1, -0.05) is 30.3 Å². The molecule has 8 heteroatoms. The molecule has 0 aliphatic carbocycles. The number of rotatable bonds is 7. The maximum absolute atomic E-state index is 12.7. The molecule has 0 aliphatic rings. The van der Waals surface area contributed by atoms with E-state index >= 15 is 0 Å². The van der Waals surface area contributed by atoms with Crippen molar-refractivity contribution in [3.8, 4) is 11.5 Å². The minimum atomic E-state index is -3.63. The number of para-hydroxylation sites is 1. The Hall–Kier alpha value is -3.52. The number of nitrogens with zero attached hydrogens (tertiary/aromatic N) is 2. The summed E-state index contributed by atoms with van der Waals surface area (Å²) >= 11 is 0. The Balaban J connectivity index is 1.55. The molecule has 0 saturated heterocycles. The number of aromatic nitrogens is 2. The fourth-order valence-electron chi connectivity index (χ4n) is 3.21. The second kappa shape index (κ2) is 8.31. The average molecular weight is 437 g/mol. The maximum Gasteiger partial charge on any atom is 0.244 e. The number of nitrogen functional groups attached to an aromatic ring is 1. The van der Waals surface area contributed by atoms with Crippen molar-refractivity contribution >= 4 is 32.7 Å². The highest BCUT2D eigenvalue weighted by molar-refractivity contribution is 7.90. The zero-order chi connectivity index (χ0) is 22.0. The zero-order valence-electron chi connectivity index (χ0n) is 17.3. The van der Waals surface area contributed by atoms with Crippen LogP contribution in [0.25, 0.3) is 11.0 Å². The summed E-state index contributed by atoms with van der Waals surface area (Å²) in [6.45, 7) is 3.78. The third-order valence-corrected chi connectivity index (χ3v) is 6.95. The highest BCUT2D eigenvalue weighted by atomic mass is 32.2. The summed E-state index contributed by atoms with van der Waals surface area (Å²) in [5.74, 6) is 1.48. The number of hydrogen-bond acceptors (Lipinski definition) is 6. The van der Waals surface area contributed by atoms with Crippen LogP contribution < -0.4 is 15.8 Å². The molecule has 160 valence electrons. The van der Waals surface area contributed by atoms with Gasteiger partial charge >= 0.3 is 0 Å². The first-order valence-corrected chi connectivity index (χ1v) is 11.4. The maximum atomic E-state index is 12.7. The first-order valence-electron chi connectivity index (χ1n) is 9.92. The molecule has 0 unspecified atom stereocenters. The highest BCUT2D eigenvalue weighted by Crippen LogP contribution is 2.26. The van der Waals surface area contributed by atoms with Crippen LogP contribution in [0.1, 0.15) is 19.4 Å². The van der Waals surface area contributed by atoms with Gasteiger partial charge in [0.15, 0.2) is 0 Å². The van der Waals surface area contributed by atoms with Crippen molar-refractivity contribution in [3.63, 3.8) is 0 Å². The molecule has 1 aromatic heterocycles. The van der Waals surface area contributed by atoms with Gasteiger partial charge in [-0.15, -0.1) is 0 Å². The quantitative estimate of drug-likeness (QED) is 0.439. The van der Waals surface area contributed by atoms with Crippen molar-refractivity contribution in [1.82, 2.24) is 8.96 Å². The molecule has 4 rings (SSSR count). The summed E-state index contributed by atoms with van der Waals surface area (Å²) in [6, 6.07) is 22.8. The number of ether oxygens (including phenoxy) is 1. The van der Waals surface area contributed by atoms with Gasteiger partial charge in [-0.3, -0.25) is 0 Å². The van der Waals surface area contributed by atoms with Crippen molar-refractivity contribution in [2.24, 2.45) is 0 Å². The first-order chi connectivity index (χ1) is 14.8. The number of fused-ring (bicyclic) bond motifs is 1. The van der Waals surface area contributed by atoms with Gasteiger partial charge in [-0.25, -0.2) is 17.4 Å². The SMILES string of the molecule is CC(C)S(=O)(=O)n1c(N)nc2ccc(NCc3cccc(Oc4ccccc4)c3)cc21. The molecule has 0 bridgehead atoms. The smallest absolute Gasteiger partial charge is 0.244 e. The summed E-state index contributed by atoms with van der Waals surface area (Å²) in [7, 11) is -3.63. The van der Waals surface area contributed by atoms with Gasteiger partial charge < -0.3 is 15.8 Å². The van der Waals surface area contributed by atoms with E-state index in [0.717, 1.165) is 26.7 Å². The summed E-state index contributed by atoms with van der Waals surface area (Å²) in [5, 5.41) is 2.71. The van der Waals surface area contributed by atoms with Crippen LogP contribution in [0.4, 0.5) is 11.6 Å². The second-order valence-corrected chi connectivity index (χ2v) is 9.79. The standard InChI is InChI=1S/C23H24N4O3S/c1-16(2)31(28,29)27-22-14-18(11-12-21(22)26-23(27)24)25-15-17-7-6-10-20(13-17)30-19-8-4-3-5-9-19/h3-14,16,25H,15H2,1-2H3,(H2,24,26). The van der Waals surface area contributed by atoms with E-state index in [1.54, 1.807) is 26.0 Å². The first kappa shape index (κ1) is 20.7. The van der Waals surface area contributed by atoms with Crippen LogP contribution in [-0.4, -0.2) is 22.6 Å². The predicted octanol–water partition coefficient (Wildman–Crippen LogP) is 4.61. The van der Waals surface area contributed by atoms with E-state index < -0.39 is 15.3 Å². The lowest BCUT2D eigenvalue weighted by atomic mass is 10.2. The predicted molar refractivity (Wildman–Crippen MR) is 124 cm³/mol. The Bertz CT molecular complexity index is 1320. The lowest BCUT2D eigenvalue weighted by Gasteiger charge is -2.12. The fraction of sp³-hybridized carbons (Fsp3) is 0.174. The fourth-order valence-corrected chi connectivity index (χ4v) is 4.35. The minimum Gasteiger partial charge on any atom is -0.457 e. The third-order valence-electron chi connectivity index (χ3n) is 4.86. The van der Waals surface area contributed by atoms with Crippen molar-refractivity contribution in [1.29, 1.82) is 0 Å². The molecule has 3 aromatic carbocycles. The van der Waals surface area contributed by atoms with Gasteiger partial charge in [0.05, 0.1) is 16.3 Å². The van der Waals surface area contributed by atoms with Crippen LogP contribution in [0.3, 0.4) is 0 Å². The topological polar surface area (TPSA) is 99.2 Å².